The number of rotatable bonds is 14. The molecule has 43 heavy (non-hydrogen) atoms. The van der Waals surface area contributed by atoms with Gasteiger partial charge >= 0.3 is 0 Å². The summed E-state index contributed by atoms with van der Waals surface area (Å²) in [5.41, 5.74) is 1.13. The average molecular weight is 615 g/mol. The lowest BCUT2D eigenvalue weighted by molar-refractivity contribution is -0.192. The fourth-order valence-corrected chi connectivity index (χ4v) is 7.15. The molecule has 0 bridgehead atoms. The molecule has 0 aromatic heterocycles. The Kier molecular flexibility index (Phi) is 12.9. The molecule has 2 heterocycles. The van der Waals surface area contributed by atoms with Crippen molar-refractivity contribution in [3.63, 3.8) is 0 Å². The van der Waals surface area contributed by atoms with Crippen molar-refractivity contribution < 1.29 is 28.2 Å². The molecule has 1 aromatic carbocycles. The summed E-state index contributed by atoms with van der Waals surface area (Å²) in [5.74, 6) is 0.981. The highest BCUT2D eigenvalue weighted by Crippen LogP contribution is 2.39. The Bertz CT molecular complexity index is 1020. The SMILES string of the molecule is CCCCC[C@@H](/C=C/[C@H]1[C@H](O[C@@H]2CCCCO2)CC(=O)[C@@H]1Cc1cccc(O[Si](C)(C)C(C)(C)C)c1)O[C@@H]1CCCCO1. The van der Waals surface area contributed by atoms with Gasteiger partial charge in [0.05, 0.1) is 12.2 Å². The minimum absolute atomic E-state index is 0.0288. The lowest BCUT2D eigenvalue weighted by atomic mass is 9.87. The van der Waals surface area contributed by atoms with Crippen molar-refractivity contribution in [2.24, 2.45) is 11.8 Å². The molecule has 0 radical (unpaired) electrons. The van der Waals surface area contributed by atoms with E-state index in [0.717, 1.165) is 75.9 Å². The number of unbranched alkanes of at least 4 members (excludes halogenated alkanes) is 2. The van der Waals surface area contributed by atoms with Crippen molar-refractivity contribution in [2.75, 3.05) is 13.2 Å². The molecule has 1 saturated carbocycles. The zero-order chi connectivity index (χ0) is 30.9. The summed E-state index contributed by atoms with van der Waals surface area (Å²) < 4.78 is 31.5. The summed E-state index contributed by atoms with van der Waals surface area (Å²) in [6, 6.07) is 8.38. The van der Waals surface area contributed by atoms with Gasteiger partial charge in [-0.25, -0.2) is 0 Å². The Morgan fingerprint density at radius 1 is 1.02 bits per heavy atom. The normalized spacial score (nSPS) is 28.0. The Balaban J connectivity index is 1.53. The van der Waals surface area contributed by atoms with Gasteiger partial charge in [0.1, 0.15) is 11.5 Å². The number of ketones is 1. The second-order valence-electron chi connectivity index (χ2n) is 14.4. The number of Topliss-reactive ketones (excluding diaryl/α,β-unsaturated/α-hetero) is 1. The second kappa shape index (κ2) is 16.2. The molecule has 1 aliphatic carbocycles. The molecule has 6 atom stereocenters. The molecule has 0 N–H and O–H groups in total. The van der Waals surface area contributed by atoms with Crippen LogP contribution in [0.2, 0.25) is 18.1 Å². The van der Waals surface area contributed by atoms with Crippen LogP contribution in [0, 0.1) is 11.8 Å². The number of ether oxygens (including phenoxy) is 4. The highest BCUT2D eigenvalue weighted by molar-refractivity contribution is 6.74. The van der Waals surface area contributed by atoms with Crippen LogP contribution in [0.25, 0.3) is 0 Å². The molecule has 2 aliphatic heterocycles. The predicted molar refractivity (Wildman–Crippen MR) is 175 cm³/mol. The lowest BCUT2D eigenvalue weighted by Crippen LogP contribution is -2.43. The van der Waals surface area contributed by atoms with E-state index in [2.05, 4.69) is 77.2 Å². The van der Waals surface area contributed by atoms with Crippen LogP contribution in [-0.4, -0.2) is 52.1 Å². The van der Waals surface area contributed by atoms with E-state index in [1.165, 1.54) is 12.8 Å². The maximum Gasteiger partial charge on any atom is 0.250 e. The van der Waals surface area contributed by atoms with Crippen molar-refractivity contribution >= 4 is 14.1 Å². The fourth-order valence-electron chi connectivity index (χ4n) is 6.13. The van der Waals surface area contributed by atoms with Gasteiger partial charge in [0, 0.05) is 31.5 Å². The van der Waals surface area contributed by atoms with E-state index in [-0.39, 0.29) is 47.4 Å². The van der Waals surface area contributed by atoms with Gasteiger partial charge in [-0.2, -0.15) is 0 Å². The highest BCUT2D eigenvalue weighted by Gasteiger charge is 2.43. The van der Waals surface area contributed by atoms with Gasteiger partial charge in [-0.15, -0.1) is 0 Å². The number of carbonyl (C=O) groups excluding carboxylic acids is 1. The topological polar surface area (TPSA) is 63.2 Å². The molecular weight excluding hydrogens is 556 g/mol. The smallest absolute Gasteiger partial charge is 0.250 e. The van der Waals surface area contributed by atoms with Crippen molar-refractivity contribution in [3.8, 4) is 5.75 Å². The molecule has 0 unspecified atom stereocenters. The molecule has 242 valence electrons. The number of hydrogen-bond donors (Lipinski definition) is 0. The van der Waals surface area contributed by atoms with Gasteiger partial charge in [-0.3, -0.25) is 4.79 Å². The largest absolute Gasteiger partial charge is 0.543 e. The van der Waals surface area contributed by atoms with E-state index in [0.29, 0.717) is 12.8 Å². The lowest BCUT2D eigenvalue weighted by Gasteiger charge is -2.36. The summed E-state index contributed by atoms with van der Waals surface area (Å²) in [5, 5.41) is 0.116. The van der Waals surface area contributed by atoms with Crippen molar-refractivity contribution in [3.05, 3.63) is 42.0 Å². The van der Waals surface area contributed by atoms with Crippen LogP contribution in [0.3, 0.4) is 0 Å². The molecule has 0 amide bonds. The van der Waals surface area contributed by atoms with E-state index < -0.39 is 8.32 Å². The summed E-state index contributed by atoms with van der Waals surface area (Å²) in [4.78, 5) is 13.6. The molecule has 1 aromatic rings. The summed E-state index contributed by atoms with van der Waals surface area (Å²) in [6.07, 6.45) is 15.6. The van der Waals surface area contributed by atoms with E-state index in [1.54, 1.807) is 0 Å². The maximum atomic E-state index is 13.6. The summed E-state index contributed by atoms with van der Waals surface area (Å²) in [7, 11) is -1.97. The second-order valence-corrected chi connectivity index (χ2v) is 19.1. The van der Waals surface area contributed by atoms with Gasteiger partial charge < -0.3 is 23.4 Å². The first kappa shape index (κ1) is 34.4. The van der Waals surface area contributed by atoms with Crippen LogP contribution in [0.4, 0.5) is 0 Å². The van der Waals surface area contributed by atoms with Crippen molar-refractivity contribution in [2.45, 2.75) is 148 Å². The van der Waals surface area contributed by atoms with Crippen LogP contribution >= 0.6 is 0 Å². The molecule has 0 spiro atoms. The number of hydrogen-bond acceptors (Lipinski definition) is 6. The zero-order valence-electron chi connectivity index (χ0n) is 27.8. The van der Waals surface area contributed by atoms with Crippen LogP contribution in [0.15, 0.2) is 36.4 Å². The van der Waals surface area contributed by atoms with E-state index in [9.17, 15) is 4.79 Å². The van der Waals surface area contributed by atoms with E-state index in [1.807, 2.05) is 0 Å². The third-order valence-electron chi connectivity index (χ3n) is 9.81. The Labute approximate surface area is 262 Å². The zero-order valence-corrected chi connectivity index (χ0v) is 28.8. The third kappa shape index (κ3) is 10.3. The van der Waals surface area contributed by atoms with Gasteiger partial charge in [-0.05, 0) is 87.2 Å². The van der Waals surface area contributed by atoms with Crippen LogP contribution in [0.1, 0.15) is 104 Å². The molecule has 4 rings (SSSR count). The Morgan fingerprint density at radius 2 is 1.74 bits per heavy atom. The van der Waals surface area contributed by atoms with Crippen molar-refractivity contribution in [1.29, 1.82) is 0 Å². The monoisotopic (exact) mass is 614 g/mol. The summed E-state index contributed by atoms with van der Waals surface area (Å²) >= 11 is 0. The number of benzene rings is 1. The third-order valence-corrected chi connectivity index (χ3v) is 14.2. The van der Waals surface area contributed by atoms with Gasteiger partial charge in [-0.1, -0.05) is 71.2 Å². The van der Waals surface area contributed by atoms with Crippen LogP contribution in [0.5, 0.6) is 5.75 Å². The minimum atomic E-state index is -1.97. The molecular formula is C36H58O6Si. The van der Waals surface area contributed by atoms with Crippen molar-refractivity contribution in [1.82, 2.24) is 0 Å². The summed E-state index contributed by atoms with van der Waals surface area (Å²) in [6.45, 7) is 15.0. The van der Waals surface area contributed by atoms with Crippen LogP contribution in [-0.2, 0) is 30.2 Å². The minimum Gasteiger partial charge on any atom is -0.543 e. The molecule has 3 fully saturated rings. The van der Waals surface area contributed by atoms with E-state index >= 15 is 0 Å². The van der Waals surface area contributed by atoms with E-state index in [4.69, 9.17) is 23.4 Å². The first-order valence-electron chi connectivity index (χ1n) is 17.1. The Hall–Kier alpha value is -1.51. The maximum absolute atomic E-state index is 13.6. The first-order valence-corrected chi connectivity index (χ1v) is 20.0. The van der Waals surface area contributed by atoms with Gasteiger partial charge in [0.15, 0.2) is 12.6 Å². The fraction of sp³-hybridized carbons (Fsp3) is 0.750. The highest BCUT2D eigenvalue weighted by atomic mass is 28.4. The molecule has 6 nitrogen and oxygen atoms in total. The average Bonchev–Trinajstić information content (AvgIpc) is 3.25. The standard InChI is InChI=1S/C36H58O6Si/c1-7-8-9-16-28(40-34-18-10-12-22-38-34)20-21-30-31(32(37)26-33(30)41-35-19-11-13-23-39-35)25-27-15-14-17-29(24-27)42-43(5,6)36(2,3)4/h14-15,17,20-21,24,28,30-31,33-35H,7-13,16,18-19,22-23,25-26H2,1-6H3/b21-20+/t28-,30+,31+,33+,34+,35+/m0/s1. The first-order chi connectivity index (χ1) is 20.6. The van der Waals surface area contributed by atoms with Gasteiger partial charge in [0.2, 0.25) is 8.32 Å². The Morgan fingerprint density at radius 3 is 2.40 bits per heavy atom. The molecule has 3 aliphatic rings. The molecule has 2 saturated heterocycles. The predicted octanol–water partition coefficient (Wildman–Crippen LogP) is 8.78. The molecule has 7 heteroatoms. The van der Waals surface area contributed by atoms with Crippen LogP contribution < -0.4 is 4.43 Å². The van der Waals surface area contributed by atoms with Gasteiger partial charge in [0.25, 0.3) is 0 Å². The number of carbonyl (C=O) groups is 1. The quantitative estimate of drug-likeness (QED) is 0.119.